The summed E-state index contributed by atoms with van der Waals surface area (Å²) in [7, 11) is 0. The molecule has 1 aliphatic carbocycles. The van der Waals surface area contributed by atoms with Crippen molar-refractivity contribution in [3.63, 3.8) is 0 Å². The normalized spacial score (nSPS) is 18.2. The summed E-state index contributed by atoms with van der Waals surface area (Å²) in [6, 6.07) is 43.4. The van der Waals surface area contributed by atoms with Gasteiger partial charge in [0.05, 0.1) is 46.0 Å². The molecule has 6 aromatic rings. The first-order valence-corrected chi connectivity index (χ1v) is 17.3. The van der Waals surface area contributed by atoms with E-state index >= 15 is 0 Å². The number of nitrogens with zero attached hydrogens (tertiary/aromatic N) is 3. The Morgan fingerprint density at radius 1 is 0.760 bits per heavy atom. The minimum absolute atomic E-state index is 0.172. The molecular weight excluding hydrogens is 611 g/mol. The molecule has 4 aliphatic rings. The van der Waals surface area contributed by atoms with E-state index in [4.69, 9.17) is 0 Å². The molecule has 0 radical (unpaired) electrons. The summed E-state index contributed by atoms with van der Waals surface area (Å²) in [5, 5.41) is 17.9. The number of aromatic nitrogens is 1. The third-order valence-corrected chi connectivity index (χ3v) is 10.6. The lowest BCUT2D eigenvalue weighted by atomic mass is 9.80. The molecule has 2 N–H and O–H groups in total. The van der Waals surface area contributed by atoms with E-state index in [0.29, 0.717) is 11.5 Å². The van der Waals surface area contributed by atoms with E-state index in [9.17, 15) is 5.26 Å². The Kier molecular flexibility index (Phi) is 6.43. The average Bonchev–Trinajstić information content (AvgIpc) is 3.46. The molecule has 5 heteroatoms. The molecule has 1 aromatic heterocycles. The maximum atomic E-state index is 9.56. The van der Waals surface area contributed by atoms with Crippen LogP contribution in [0.1, 0.15) is 34.6 Å². The largest absolute Gasteiger partial charge is 0.387 e. The number of fused-ring (bicyclic) bond motifs is 9. The van der Waals surface area contributed by atoms with Gasteiger partial charge in [-0.3, -0.25) is 0 Å². The molecule has 2 atom stereocenters. The fourth-order valence-electron chi connectivity index (χ4n) is 8.38. The third-order valence-electron chi connectivity index (χ3n) is 10.6. The second kappa shape index (κ2) is 11.3. The van der Waals surface area contributed by atoms with Crippen LogP contribution in [0.5, 0.6) is 0 Å². The van der Waals surface area contributed by atoms with E-state index in [1.165, 1.54) is 38.8 Å². The molecule has 2 unspecified atom stereocenters. The Morgan fingerprint density at radius 2 is 1.54 bits per heavy atom. The molecule has 3 aliphatic heterocycles. The summed E-state index contributed by atoms with van der Waals surface area (Å²) in [4.78, 5) is 2.44. The van der Waals surface area contributed by atoms with Gasteiger partial charge in [-0.15, -0.1) is 0 Å². The summed E-state index contributed by atoms with van der Waals surface area (Å²) in [5.41, 5.74) is 16.4. The van der Waals surface area contributed by atoms with Crippen LogP contribution in [0.2, 0.25) is 0 Å². The lowest BCUT2D eigenvalue weighted by molar-refractivity contribution is 0.659. The number of hydrogen-bond acceptors (Lipinski definition) is 4. The van der Waals surface area contributed by atoms with Crippen LogP contribution in [-0.2, 0) is 6.54 Å². The topological polar surface area (TPSA) is 56.0 Å². The van der Waals surface area contributed by atoms with Crippen LogP contribution in [0.25, 0.3) is 45.1 Å². The van der Waals surface area contributed by atoms with Crippen molar-refractivity contribution in [1.29, 1.82) is 5.26 Å². The summed E-state index contributed by atoms with van der Waals surface area (Å²) in [5.74, 6) is 0.308. The number of dihydropyridines is 1. The van der Waals surface area contributed by atoms with Crippen LogP contribution in [0.3, 0.4) is 0 Å². The zero-order valence-corrected chi connectivity index (χ0v) is 27.3. The lowest BCUT2D eigenvalue weighted by Crippen LogP contribution is -2.33. The van der Waals surface area contributed by atoms with Crippen molar-refractivity contribution in [2.75, 3.05) is 4.90 Å². The highest BCUT2D eigenvalue weighted by molar-refractivity contribution is 6.12. The number of nitrogens with one attached hydrogen (secondary N) is 2. The van der Waals surface area contributed by atoms with Crippen molar-refractivity contribution < 1.29 is 0 Å². The van der Waals surface area contributed by atoms with Gasteiger partial charge in [0.2, 0.25) is 0 Å². The van der Waals surface area contributed by atoms with E-state index in [0.717, 1.165) is 52.5 Å². The standard InChI is InChI=1S/C45H33N5/c46-26-29-16-19-33(20-17-29)50-42-14-5-2-10-38(42)44-37-9-1-4-13-41(37)49(43-15-6-3-11-39(43)45(44)50)34-25-32-24-30(18-21-40(32)48-28-34)35-12-7-8-31-27-47-23-22-36(31)35/h1-23,25,28,30,40,47-48H,24,27H2. The van der Waals surface area contributed by atoms with Gasteiger partial charge in [-0.2, -0.15) is 5.26 Å². The Morgan fingerprint density at radius 3 is 2.40 bits per heavy atom. The van der Waals surface area contributed by atoms with Gasteiger partial charge in [0.15, 0.2) is 0 Å². The molecule has 0 spiro atoms. The van der Waals surface area contributed by atoms with Gasteiger partial charge in [-0.05, 0) is 89.5 Å². The third kappa shape index (κ3) is 4.32. The molecule has 238 valence electrons. The first-order chi connectivity index (χ1) is 24.8. The van der Waals surface area contributed by atoms with Crippen LogP contribution in [0.4, 0.5) is 11.4 Å². The molecule has 5 nitrogen and oxygen atoms in total. The first-order valence-electron chi connectivity index (χ1n) is 17.3. The molecule has 0 amide bonds. The molecule has 4 heterocycles. The monoisotopic (exact) mass is 643 g/mol. The van der Waals surface area contributed by atoms with E-state index in [1.807, 2.05) is 12.1 Å². The minimum atomic E-state index is 0.172. The van der Waals surface area contributed by atoms with E-state index in [1.54, 1.807) is 0 Å². The Hall–Kier alpha value is -6.51. The maximum absolute atomic E-state index is 9.56. The highest BCUT2D eigenvalue weighted by Gasteiger charge is 2.33. The predicted molar refractivity (Wildman–Crippen MR) is 203 cm³/mol. The molecule has 0 fully saturated rings. The highest BCUT2D eigenvalue weighted by Crippen LogP contribution is 2.53. The number of anilines is 2. The van der Waals surface area contributed by atoms with Crippen LogP contribution in [0, 0.1) is 11.3 Å². The number of para-hydroxylation sites is 3. The SMILES string of the molecule is N#Cc1ccc(-n2c3c(c4ccccc42)-c2ccccc2N(C2=CNC4C=CC(c5cccc6c5C=CNC6)CC4=C2)c2ccccc2-3)cc1. The van der Waals surface area contributed by atoms with Crippen molar-refractivity contribution in [3.05, 3.63) is 179 Å². The highest BCUT2D eigenvalue weighted by atomic mass is 15.2. The van der Waals surface area contributed by atoms with Gasteiger partial charge in [0.25, 0.3) is 0 Å². The maximum Gasteiger partial charge on any atom is 0.0991 e. The zero-order valence-electron chi connectivity index (χ0n) is 27.3. The fourth-order valence-corrected chi connectivity index (χ4v) is 8.38. The van der Waals surface area contributed by atoms with Crippen molar-refractivity contribution in [2.24, 2.45) is 0 Å². The van der Waals surface area contributed by atoms with E-state index in [2.05, 4.69) is 166 Å². The zero-order chi connectivity index (χ0) is 33.2. The van der Waals surface area contributed by atoms with Gasteiger partial charge in [0.1, 0.15) is 0 Å². The summed E-state index contributed by atoms with van der Waals surface area (Å²) in [6.45, 7) is 0.870. The van der Waals surface area contributed by atoms with Crippen LogP contribution in [-0.4, -0.2) is 10.6 Å². The quantitative estimate of drug-likeness (QED) is 0.189. The van der Waals surface area contributed by atoms with E-state index < -0.39 is 0 Å². The Labute approximate surface area is 291 Å². The van der Waals surface area contributed by atoms with Gasteiger partial charge in [0, 0.05) is 46.4 Å². The Balaban J connectivity index is 1.15. The number of rotatable bonds is 3. The molecule has 0 saturated heterocycles. The number of allylic oxidation sites excluding steroid dienone is 2. The smallest absolute Gasteiger partial charge is 0.0991 e. The van der Waals surface area contributed by atoms with Gasteiger partial charge in [-0.25, -0.2) is 0 Å². The average molecular weight is 644 g/mol. The van der Waals surface area contributed by atoms with Crippen molar-refractivity contribution in [2.45, 2.75) is 24.9 Å². The van der Waals surface area contributed by atoms with Crippen molar-refractivity contribution >= 4 is 28.4 Å². The van der Waals surface area contributed by atoms with Crippen LogP contribution in [0.15, 0.2) is 157 Å². The van der Waals surface area contributed by atoms with Crippen molar-refractivity contribution in [3.8, 4) is 34.1 Å². The molecule has 50 heavy (non-hydrogen) atoms. The van der Waals surface area contributed by atoms with E-state index in [-0.39, 0.29) is 6.04 Å². The summed E-state index contributed by atoms with van der Waals surface area (Å²) < 4.78 is 2.37. The number of nitriles is 1. The molecule has 0 bridgehead atoms. The minimum Gasteiger partial charge on any atom is -0.387 e. The summed E-state index contributed by atoms with van der Waals surface area (Å²) in [6.07, 6.45) is 14.6. The fraction of sp³-hybridized carbons (Fsp3) is 0.0889. The van der Waals surface area contributed by atoms with Gasteiger partial charge >= 0.3 is 0 Å². The predicted octanol–water partition coefficient (Wildman–Crippen LogP) is 9.84. The Bertz CT molecular complexity index is 2520. The first kappa shape index (κ1) is 28.5. The van der Waals surface area contributed by atoms with Crippen molar-refractivity contribution in [1.82, 2.24) is 15.2 Å². The molecule has 10 rings (SSSR count). The van der Waals surface area contributed by atoms with Gasteiger partial charge in [-0.1, -0.05) is 84.9 Å². The number of hydrogen-bond donors (Lipinski definition) is 2. The van der Waals surface area contributed by atoms with Crippen LogP contribution < -0.4 is 15.5 Å². The van der Waals surface area contributed by atoms with Crippen LogP contribution >= 0.6 is 0 Å². The molecular formula is C45H33N5. The van der Waals surface area contributed by atoms with Gasteiger partial charge < -0.3 is 20.1 Å². The second-order valence-corrected chi connectivity index (χ2v) is 13.4. The lowest BCUT2D eigenvalue weighted by Gasteiger charge is -2.35. The summed E-state index contributed by atoms with van der Waals surface area (Å²) >= 11 is 0. The molecule has 5 aromatic carbocycles. The number of benzene rings is 5. The second-order valence-electron chi connectivity index (χ2n) is 13.4. The molecule has 0 saturated carbocycles.